The van der Waals surface area contributed by atoms with Crippen molar-refractivity contribution in [1.82, 2.24) is 4.90 Å². The molecule has 2 aliphatic heterocycles. The van der Waals surface area contributed by atoms with Crippen molar-refractivity contribution in [1.29, 1.82) is 0 Å². The second-order valence-corrected chi connectivity index (χ2v) is 6.15. The molecule has 0 radical (unpaired) electrons. The standard InChI is InChI=1S/C15H21ClN2/c1-11-5-6-14(16)15(8-11)18-10-13-4-3-7-17(13)9-12(18)2/h5-6,8,12-13H,3-4,7,9-10H2,1-2H3. The minimum atomic E-state index is 0.554. The third-order valence-electron chi connectivity index (χ3n) is 4.35. The normalized spacial score (nSPS) is 28.5. The summed E-state index contributed by atoms with van der Waals surface area (Å²) in [6.45, 7) is 8.03. The van der Waals surface area contributed by atoms with Crippen LogP contribution in [0, 0.1) is 6.92 Å². The molecule has 0 N–H and O–H groups in total. The van der Waals surface area contributed by atoms with Crippen LogP contribution in [0.4, 0.5) is 5.69 Å². The molecule has 2 unspecified atom stereocenters. The third-order valence-corrected chi connectivity index (χ3v) is 4.67. The number of halogens is 1. The van der Waals surface area contributed by atoms with E-state index in [2.05, 4.69) is 35.8 Å². The minimum Gasteiger partial charge on any atom is -0.365 e. The van der Waals surface area contributed by atoms with Crippen LogP contribution < -0.4 is 4.90 Å². The van der Waals surface area contributed by atoms with E-state index in [1.807, 2.05) is 6.07 Å². The number of hydrogen-bond donors (Lipinski definition) is 0. The average Bonchev–Trinajstić information content (AvgIpc) is 2.78. The molecule has 2 nitrogen and oxygen atoms in total. The molecule has 18 heavy (non-hydrogen) atoms. The van der Waals surface area contributed by atoms with Crippen LogP contribution in [0.1, 0.15) is 25.3 Å². The van der Waals surface area contributed by atoms with E-state index in [1.54, 1.807) is 0 Å². The molecule has 2 atom stereocenters. The van der Waals surface area contributed by atoms with E-state index >= 15 is 0 Å². The van der Waals surface area contributed by atoms with Crippen LogP contribution in [0.5, 0.6) is 0 Å². The van der Waals surface area contributed by atoms with Crippen LogP contribution in [0.15, 0.2) is 18.2 Å². The highest BCUT2D eigenvalue weighted by Crippen LogP contribution is 2.33. The highest BCUT2D eigenvalue weighted by atomic mass is 35.5. The lowest BCUT2D eigenvalue weighted by molar-refractivity contribution is 0.203. The van der Waals surface area contributed by atoms with Gasteiger partial charge in [0.05, 0.1) is 10.7 Å². The van der Waals surface area contributed by atoms with E-state index in [1.165, 1.54) is 37.2 Å². The average molecular weight is 265 g/mol. The second-order valence-electron chi connectivity index (χ2n) is 5.75. The molecule has 2 saturated heterocycles. The maximum atomic E-state index is 6.38. The number of anilines is 1. The molecule has 0 bridgehead atoms. The molecule has 1 aromatic rings. The van der Waals surface area contributed by atoms with Gasteiger partial charge in [-0.1, -0.05) is 17.7 Å². The quantitative estimate of drug-likeness (QED) is 0.768. The molecule has 0 amide bonds. The highest BCUT2D eigenvalue weighted by molar-refractivity contribution is 6.33. The Kier molecular flexibility index (Phi) is 3.25. The SMILES string of the molecule is Cc1ccc(Cl)c(N2CC3CCCN3CC2C)c1. The first-order chi connectivity index (χ1) is 8.65. The first kappa shape index (κ1) is 12.3. The monoisotopic (exact) mass is 264 g/mol. The Bertz CT molecular complexity index is 446. The first-order valence-corrected chi connectivity index (χ1v) is 7.30. The molecule has 2 heterocycles. The molecule has 0 saturated carbocycles. The minimum absolute atomic E-state index is 0.554. The molecule has 1 aromatic carbocycles. The van der Waals surface area contributed by atoms with Crippen LogP contribution in [0.25, 0.3) is 0 Å². The van der Waals surface area contributed by atoms with Gasteiger partial charge in [0.25, 0.3) is 0 Å². The van der Waals surface area contributed by atoms with Crippen molar-refractivity contribution in [2.24, 2.45) is 0 Å². The zero-order chi connectivity index (χ0) is 12.7. The number of hydrogen-bond acceptors (Lipinski definition) is 2. The van der Waals surface area contributed by atoms with Crippen LogP contribution in [-0.4, -0.2) is 36.6 Å². The summed E-state index contributed by atoms with van der Waals surface area (Å²) in [5.74, 6) is 0. The van der Waals surface area contributed by atoms with Crippen molar-refractivity contribution in [3.05, 3.63) is 28.8 Å². The smallest absolute Gasteiger partial charge is 0.0639 e. The Morgan fingerprint density at radius 1 is 1.28 bits per heavy atom. The fourth-order valence-electron chi connectivity index (χ4n) is 3.37. The van der Waals surface area contributed by atoms with E-state index in [0.29, 0.717) is 6.04 Å². The summed E-state index contributed by atoms with van der Waals surface area (Å²) < 4.78 is 0. The zero-order valence-electron chi connectivity index (χ0n) is 11.2. The van der Waals surface area contributed by atoms with Gasteiger partial charge in [0, 0.05) is 25.2 Å². The Balaban J connectivity index is 1.88. The largest absolute Gasteiger partial charge is 0.365 e. The van der Waals surface area contributed by atoms with E-state index in [9.17, 15) is 0 Å². The summed E-state index contributed by atoms with van der Waals surface area (Å²) in [5.41, 5.74) is 2.51. The van der Waals surface area contributed by atoms with Crippen molar-refractivity contribution in [2.75, 3.05) is 24.5 Å². The van der Waals surface area contributed by atoms with Crippen LogP contribution in [-0.2, 0) is 0 Å². The van der Waals surface area contributed by atoms with Gasteiger partial charge < -0.3 is 4.90 Å². The Hall–Kier alpha value is -0.730. The predicted molar refractivity (Wildman–Crippen MR) is 77.6 cm³/mol. The van der Waals surface area contributed by atoms with Crippen LogP contribution >= 0.6 is 11.6 Å². The lowest BCUT2D eigenvalue weighted by Crippen LogP contribution is -2.55. The molecular formula is C15H21ClN2. The summed E-state index contributed by atoms with van der Waals surface area (Å²) in [4.78, 5) is 5.15. The molecule has 98 valence electrons. The van der Waals surface area contributed by atoms with Crippen molar-refractivity contribution >= 4 is 17.3 Å². The topological polar surface area (TPSA) is 6.48 Å². The van der Waals surface area contributed by atoms with Crippen LogP contribution in [0.2, 0.25) is 5.02 Å². The molecule has 0 aliphatic carbocycles. The summed E-state index contributed by atoms with van der Waals surface area (Å²) in [5, 5.41) is 0.888. The van der Waals surface area contributed by atoms with Gasteiger partial charge >= 0.3 is 0 Å². The second kappa shape index (κ2) is 4.75. The highest BCUT2D eigenvalue weighted by Gasteiger charge is 2.34. The molecule has 0 spiro atoms. The lowest BCUT2D eigenvalue weighted by Gasteiger charge is -2.44. The van der Waals surface area contributed by atoms with E-state index < -0.39 is 0 Å². The molecule has 3 rings (SSSR count). The molecule has 3 heteroatoms. The third kappa shape index (κ3) is 2.12. The summed E-state index contributed by atoms with van der Waals surface area (Å²) in [6, 6.07) is 7.63. The molecule has 0 aromatic heterocycles. The summed E-state index contributed by atoms with van der Waals surface area (Å²) in [7, 11) is 0. The van der Waals surface area contributed by atoms with E-state index in [4.69, 9.17) is 11.6 Å². The Morgan fingerprint density at radius 3 is 2.94 bits per heavy atom. The van der Waals surface area contributed by atoms with Crippen molar-refractivity contribution in [2.45, 2.75) is 38.8 Å². The molecular weight excluding hydrogens is 244 g/mol. The summed E-state index contributed by atoms with van der Waals surface area (Å²) in [6.07, 6.45) is 2.69. The van der Waals surface area contributed by atoms with Gasteiger partial charge in [-0.2, -0.15) is 0 Å². The number of aryl methyl sites for hydroxylation is 1. The Labute approximate surface area is 115 Å². The van der Waals surface area contributed by atoms with Gasteiger partial charge in [0.15, 0.2) is 0 Å². The van der Waals surface area contributed by atoms with Crippen molar-refractivity contribution < 1.29 is 0 Å². The number of piperazine rings is 1. The van der Waals surface area contributed by atoms with Gasteiger partial charge in [-0.3, -0.25) is 4.90 Å². The Morgan fingerprint density at radius 2 is 2.11 bits per heavy atom. The van der Waals surface area contributed by atoms with Gasteiger partial charge in [-0.25, -0.2) is 0 Å². The van der Waals surface area contributed by atoms with Gasteiger partial charge in [0.1, 0.15) is 0 Å². The van der Waals surface area contributed by atoms with Crippen molar-refractivity contribution in [3.63, 3.8) is 0 Å². The van der Waals surface area contributed by atoms with Gasteiger partial charge in [-0.05, 0) is 50.9 Å². The number of fused-ring (bicyclic) bond motifs is 1. The maximum Gasteiger partial charge on any atom is 0.0639 e. The van der Waals surface area contributed by atoms with Crippen molar-refractivity contribution in [3.8, 4) is 0 Å². The summed E-state index contributed by atoms with van der Waals surface area (Å²) >= 11 is 6.38. The number of nitrogens with zero attached hydrogens (tertiary/aromatic N) is 2. The van der Waals surface area contributed by atoms with Crippen LogP contribution in [0.3, 0.4) is 0 Å². The fourth-order valence-corrected chi connectivity index (χ4v) is 3.59. The molecule has 2 fully saturated rings. The lowest BCUT2D eigenvalue weighted by atomic mass is 10.1. The zero-order valence-corrected chi connectivity index (χ0v) is 12.0. The number of benzene rings is 1. The maximum absolute atomic E-state index is 6.38. The molecule has 2 aliphatic rings. The van der Waals surface area contributed by atoms with E-state index in [-0.39, 0.29) is 0 Å². The predicted octanol–water partition coefficient (Wildman–Crippen LogP) is 3.32. The van der Waals surface area contributed by atoms with Gasteiger partial charge in [0.2, 0.25) is 0 Å². The van der Waals surface area contributed by atoms with E-state index in [0.717, 1.165) is 17.6 Å². The first-order valence-electron chi connectivity index (χ1n) is 6.92. The fraction of sp³-hybridized carbons (Fsp3) is 0.600. The number of rotatable bonds is 1. The van der Waals surface area contributed by atoms with Gasteiger partial charge in [-0.15, -0.1) is 0 Å².